The number of ether oxygens (including phenoxy) is 1. The minimum Gasteiger partial charge on any atom is -0.462 e. The van der Waals surface area contributed by atoms with Gasteiger partial charge in [0.25, 0.3) is 0 Å². The van der Waals surface area contributed by atoms with Crippen molar-refractivity contribution in [3.63, 3.8) is 0 Å². The molecule has 0 N–H and O–H groups in total. The van der Waals surface area contributed by atoms with Crippen LogP contribution in [0.4, 0.5) is 0 Å². The highest BCUT2D eigenvalue weighted by Crippen LogP contribution is 1.93. The molecule has 0 saturated carbocycles. The van der Waals surface area contributed by atoms with E-state index in [9.17, 15) is 9.00 Å². The van der Waals surface area contributed by atoms with Crippen molar-refractivity contribution in [3.05, 3.63) is 12.2 Å². The summed E-state index contributed by atoms with van der Waals surface area (Å²) < 4.78 is 15.4. The Morgan fingerprint density at radius 2 is 2.17 bits per heavy atom. The van der Waals surface area contributed by atoms with Crippen molar-refractivity contribution in [2.24, 2.45) is 0 Å². The quantitative estimate of drug-likeness (QED) is 0.367. The van der Waals surface area contributed by atoms with Crippen LogP contribution in [0, 0.1) is 0 Å². The normalized spacial score (nSPS) is 12.2. The fourth-order valence-electron chi connectivity index (χ4n) is 0.550. The van der Waals surface area contributed by atoms with E-state index in [1.165, 1.54) is 0 Å². The molecule has 12 heavy (non-hydrogen) atoms. The van der Waals surface area contributed by atoms with E-state index in [-0.39, 0.29) is 5.97 Å². The highest BCUT2D eigenvalue weighted by atomic mass is 32.2. The zero-order valence-electron chi connectivity index (χ0n) is 7.46. The third kappa shape index (κ3) is 6.09. The Morgan fingerprint density at radius 1 is 1.58 bits per heavy atom. The number of rotatable bonds is 5. The third-order valence-electron chi connectivity index (χ3n) is 1.16. The maximum absolute atomic E-state index is 10.8. The first-order valence-corrected chi connectivity index (χ1v) is 5.39. The summed E-state index contributed by atoms with van der Waals surface area (Å²) in [6.45, 7) is 5.36. The Labute approximate surface area is 75.3 Å². The number of hydrogen-bond donors (Lipinski definition) is 0. The summed E-state index contributed by atoms with van der Waals surface area (Å²) in [6, 6.07) is 0. The zero-order valence-corrected chi connectivity index (χ0v) is 8.28. The van der Waals surface area contributed by atoms with Gasteiger partial charge in [0.1, 0.15) is 0 Å². The number of carbonyl (C=O) groups is 1. The summed E-state index contributed by atoms with van der Waals surface area (Å²) >= 11 is 0. The van der Waals surface area contributed by atoms with Crippen molar-refractivity contribution in [1.29, 1.82) is 0 Å². The predicted molar refractivity (Wildman–Crippen MR) is 49.3 cm³/mol. The highest BCUT2D eigenvalue weighted by molar-refractivity contribution is 7.84. The van der Waals surface area contributed by atoms with Crippen molar-refractivity contribution < 1.29 is 13.7 Å². The molecule has 0 aromatic heterocycles. The molecule has 0 saturated heterocycles. The molecule has 3 nitrogen and oxygen atoms in total. The Bertz CT molecular complexity index is 198. The first-order valence-electron chi connectivity index (χ1n) is 3.66. The van der Waals surface area contributed by atoms with E-state index in [4.69, 9.17) is 4.74 Å². The average molecular weight is 190 g/mol. The molecule has 0 amide bonds. The van der Waals surface area contributed by atoms with Crippen LogP contribution >= 0.6 is 0 Å². The van der Waals surface area contributed by atoms with Crippen LogP contribution in [0.2, 0.25) is 0 Å². The molecule has 0 aromatic carbocycles. The van der Waals surface area contributed by atoms with E-state index in [0.29, 0.717) is 24.4 Å². The van der Waals surface area contributed by atoms with Gasteiger partial charge in [-0.15, -0.1) is 0 Å². The lowest BCUT2D eigenvalue weighted by Gasteiger charge is -2.02. The van der Waals surface area contributed by atoms with Gasteiger partial charge in [-0.1, -0.05) is 6.58 Å². The molecule has 4 heteroatoms. The SMILES string of the molecule is C=C(C)C(=O)OCCCS(C)=O. The van der Waals surface area contributed by atoms with E-state index in [1.54, 1.807) is 13.2 Å². The van der Waals surface area contributed by atoms with Gasteiger partial charge < -0.3 is 4.74 Å². The van der Waals surface area contributed by atoms with Gasteiger partial charge in [0.05, 0.1) is 6.61 Å². The maximum Gasteiger partial charge on any atom is 0.333 e. The largest absolute Gasteiger partial charge is 0.462 e. The Hall–Kier alpha value is -0.640. The first kappa shape index (κ1) is 11.4. The monoisotopic (exact) mass is 190 g/mol. The van der Waals surface area contributed by atoms with Gasteiger partial charge in [-0.25, -0.2) is 4.79 Å². The molecule has 0 aliphatic carbocycles. The topological polar surface area (TPSA) is 43.4 Å². The zero-order chi connectivity index (χ0) is 9.56. The molecular weight excluding hydrogens is 176 g/mol. The molecule has 0 aliphatic rings. The van der Waals surface area contributed by atoms with Crippen molar-refractivity contribution >= 4 is 16.8 Å². The van der Waals surface area contributed by atoms with Crippen molar-refractivity contribution in [1.82, 2.24) is 0 Å². The molecule has 0 fully saturated rings. The third-order valence-corrected chi connectivity index (χ3v) is 2.02. The molecule has 1 unspecified atom stereocenters. The smallest absolute Gasteiger partial charge is 0.333 e. The second kappa shape index (κ2) is 5.94. The highest BCUT2D eigenvalue weighted by Gasteiger charge is 2.01. The Balaban J connectivity index is 3.38. The summed E-state index contributed by atoms with van der Waals surface area (Å²) in [5, 5.41) is 0. The van der Waals surface area contributed by atoms with Crippen LogP contribution in [0.5, 0.6) is 0 Å². The van der Waals surface area contributed by atoms with Crippen LogP contribution in [-0.4, -0.2) is 28.8 Å². The predicted octanol–water partition coefficient (Wildman–Crippen LogP) is 0.874. The molecular formula is C8H14O3S. The minimum absolute atomic E-state index is 0.325. The van der Waals surface area contributed by atoms with Gasteiger partial charge in [0, 0.05) is 28.4 Å². The lowest BCUT2D eigenvalue weighted by Crippen LogP contribution is -2.08. The molecule has 0 heterocycles. The minimum atomic E-state index is -0.805. The van der Waals surface area contributed by atoms with E-state index in [1.807, 2.05) is 0 Å². The molecule has 0 aromatic rings. The Kier molecular flexibility index (Phi) is 5.62. The van der Waals surface area contributed by atoms with Crippen LogP contribution in [0.15, 0.2) is 12.2 Å². The van der Waals surface area contributed by atoms with E-state index >= 15 is 0 Å². The molecule has 0 rings (SSSR count). The average Bonchev–Trinajstić information content (AvgIpc) is 1.97. The van der Waals surface area contributed by atoms with Crippen LogP contribution in [0.25, 0.3) is 0 Å². The van der Waals surface area contributed by atoms with Gasteiger partial charge >= 0.3 is 5.97 Å². The maximum atomic E-state index is 10.8. The van der Waals surface area contributed by atoms with Crippen molar-refractivity contribution in [2.75, 3.05) is 18.6 Å². The standard InChI is InChI=1S/C8H14O3S/c1-7(2)8(9)11-5-4-6-12(3)10/h1,4-6H2,2-3H3. The summed E-state index contributed by atoms with van der Waals surface area (Å²) in [6.07, 6.45) is 2.27. The van der Waals surface area contributed by atoms with E-state index in [2.05, 4.69) is 6.58 Å². The van der Waals surface area contributed by atoms with Gasteiger partial charge in [-0.05, 0) is 13.3 Å². The van der Waals surface area contributed by atoms with Crippen LogP contribution in [-0.2, 0) is 20.3 Å². The van der Waals surface area contributed by atoms with Crippen molar-refractivity contribution in [2.45, 2.75) is 13.3 Å². The summed E-state index contributed by atoms with van der Waals surface area (Å²) in [5.74, 6) is 0.195. The molecule has 0 aliphatic heterocycles. The summed E-state index contributed by atoms with van der Waals surface area (Å²) in [4.78, 5) is 10.8. The van der Waals surface area contributed by atoms with Gasteiger partial charge in [0.15, 0.2) is 0 Å². The summed E-state index contributed by atoms with van der Waals surface area (Å²) in [7, 11) is -0.805. The van der Waals surface area contributed by atoms with Gasteiger partial charge in [-0.3, -0.25) is 4.21 Å². The van der Waals surface area contributed by atoms with Crippen LogP contribution in [0.1, 0.15) is 13.3 Å². The second-order valence-corrected chi connectivity index (χ2v) is 4.10. The fourth-order valence-corrected chi connectivity index (χ4v) is 1.07. The van der Waals surface area contributed by atoms with Gasteiger partial charge in [0.2, 0.25) is 0 Å². The first-order chi connectivity index (χ1) is 5.54. The Morgan fingerprint density at radius 3 is 2.58 bits per heavy atom. The molecule has 1 atom stereocenters. The molecule has 0 radical (unpaired) electrons. The summed E-state index contributed by atoms with van der Waals surface area (Å²) in [5.41, 5.74) is 0.396. The lowest BCUT2D eigenvalue weighted by molar-refractivity contribution is -0.138. The van der Waals surface area contributed by atoms with Crippen molar-refractivity contribution in [3.8, 4) is 0 Å². The fraction of sp³-hybridized carbons (Fsp3) is 0.625. The molecule has 0 bridgehead atoms. The lowest BCUT2D eigenvalue weighted by atomic mass is 10.4. The number of esters is 1. The van der Waals surface area contributed by atoms with E-state index in [0.717, 1.165) is 0 Å². The molecule has 0 spiro atoms. The van der Waals surface area contributed by atoms with Crippen LogP contribution < -0.4 is 0 Å². The van der Waals surface area contributed by atoms with E-state index < -0.39 is 10.8 Å². The van der Waals surface area contributed by atoms with Crippen LogP contribution in [0.3, 0.4) is 0 Å². The number of carbonyl (C=O) groups excluding carboxylic acids is 1. The van der Waals surface area contributed by atoms with Gasteiger partial charge in [-0.2, -0.15) is 0 Å². The second-order valence-electron chi connectivity index (χ2n) is 2.55. The number of hydrogen-bond acceptors (Lipinski definition) is 3. The molecule has 70 valence electrons.